The van der Waals surface area contributed by atoms with E-state index in [1.165, 1.54) is 0 Å². The lowest BCUT2D eigenvalue weighted by atomic mass is 10.1. The Labute approximate surface area is 168 Å². The first kappa shape index (κ1) is 21.4. The van der Waals surface area contributed by atoms with Crippen LogP contribution in [0, 0.1) is 0 Å². The number of hydrogen-bond acceptors (Lipinski definition) is 8. The third kappa shape index (κ3) is 5.85. The molecule has 1 fully saturated rings. The normalized spacial score (nSPS) is 15.2. The van der Waals surface area contributed by atoms with E-state index in [4.69, 9.17) is 9.26 Å². The highest BCUT2D eigenvalue weighted by Gasteiger charge is 2.33. The van der Waals surface area contributed by atoms with Gasteiger partial charge in [-0.25, -0.2) is 0 Å². The van der Waals surface area contributed by atoms with Gasteiger partial charge in [-0.3, -0.25) is 14.7 Å². The Bertz CT molecular complexity index is 832. The molecule has 1 aliphatic heterocycles. The number of hydrogen-bond donors (Lipinski definition) is 1. The lowest BCUT2D eigenvalue weighted by molar-refractivity contribution is -0.141. The molecule has 0 aromatic carbocycles. The fraction of sp³-hybridized carbons (Fsp3) is 0.625. The fourth-order valence-corrected chi connectivity index (χ4v) is 3.36. The molecule has 0 saturated carbocycles. The van der Waals surface area contributed by atoms with Gasteiger partial charge in [0, 0.05) is 19.2 Å². The van der Waals surface area contributed by atoms with Crippen molar-refractivity contribution in [3.63, 3.8) is 0 Å². The average molecular weight is 434 g/mol. The maximum atomic E-state index is 13.1. The number of morpholine rings is 1. The van der Waals surface area contributed by atoms with Gasteiger partial charge in [-0.05, 0) is 5.92 Å². The van der Waals surface area contributed by atoms with Crippen molar-refractivity contribution in [3.05, 3.63) is 11.8 Å². The predicted octanol–water partition coefficient (Wildman–Crippen LogP) is 2.52. The van der Waals surface area contributed by atoms with Crippen LogP contribution >= 0.6 is 11.8 Å². The van der Waals surface area contributed by atoms with Crippen molar-refractivity contribution < 1.29 is 27.2 Å². The third-order valence-electron chi connectivity index (χ3n) is 4.04. The van der Waals surface area contributed by atoms with E-state index in [-0.39, 0.29) is 28.7 Å². The predicted molar refractivity (Wildman–Crippen MR) is 99.1 cm³/mol. The van der Waals surface area contributed by atoms with Crippen molar-refractivity contribution in [1.82, 2.24) is 19.9 Å². The molecule has 0 atom stereocenters. The molecule has 3 rings (SSSR count). The summed E-state index contributed by atoms with van der Waals surface area (Å²) in [5.74, 6) is -0.166. The largest absolute Gasteiger partial charge is 0.406 e. The molecule has 2 aromatic heterocycles. The molecule has 9 nitrogen and oxygen atoms in total. The number of alkyl halides is 3. The van der Waals surface area contributed by atoms with Gasteiger partial charge in [0.25, 0.3) is 0 Å². The number of carbonyl (C=O) groups is 1. The average Bonchev–Trinajstić information content (AvgIpc) is 3.27. The second-order valence-corrected chi connectivity index (χ2v) is 7.63. The van der Waals surface area contributed by atoms with Crippen LogP contribution < -0.4 is 10.2 Å². The first-order valence-corrected chi connectivity index (χ1v) is 9.93. The smallest absolute Gasteiger partial charge is 0.378 e. The third-order valence-corrected chi connectivity index (χ3v) is 5.01. The molecule has 3 heterocycles. The zero-order chi connectivity index (χ0) is 21.0. The zero-order valence-corrected chi connectivity index (χ0v) is 16.7. The van der Waals surface area contributed by atoms with Crippen LogP contribution in [0.1, 0.15) is 25.5 Å². The SMILES string of the molecule is CC(C)c1cc(NC(=O)CSc2nnc(N3CCOCC3)n2CC(F)(F)F)on1. The van der Waals surface area contributed by atoms with E-state index in [9.17, 15) is 18.0 Å². The van der Waals surface area contributed by atoms with E-state index in [0.717, 1.165) is 16.3 Å². The molecule has 29 heavy (non-hydrogen) atoms. The minimum absolute atomic E-state index is 0.0133. The van der Waals surface area contributed by atoms with Crippen molar-refractivity contribution >= 4 is 29.5 Å². The van der Waals surface area contributed by atoms with Gasteiger partial charge in [0.15, 0.2) is 5.16 Å². The number of halogens is 3. The lowest BCUT2D eigenvalue weighted by Gasteiger charge is -2.28. The van der Waals surface area contributed by atoms with Crippen molar-refractivity contribution in [2.45, 2.75) is 37.6 Å². The van der Waals surface area contributed by atoms with Crippen LogP contribution in [0.25, 0.3) is 0 Å². The second-order valence-electron chi connectivity index (χ2n) is 6.69. The van der Waals surface area contributed by atoms with Gasteiger partial charge in [0.05, 0.1) is 24.7 Å². The summed E-state index contributed by atoms with van der Waals surface area (Å²) in [4.78, 5) is 13.8. The molecule has 0 spiro atoms. The molecule has 1 amide bonds. The van der Waals surface area contributed by atoms with E-state index >= 15 is 0 Å². The first-order chi connectivity index (χ1) is 13.7. The van der Waals surface area contributed by atoms with Crippen molar-refractivity contribution in [2.75, 3.05) is 42.3 Å². The van der Waals surface area contributed by atoms with Crippen molar-refractivity contribution in [3.8, 4) is 0 Å². The van der Waals surface area contributed by atoms with Gasteiger partial charge < -0.3 is 14.2 Å². The molecule has 2 aromatic rings. The van der Waals surface area contributed by atoms with E-state index in [0.29, 0.717) is 32.0 Å². The van der Waals surface area contributed by atoms with Gasteiger partial charge in [0.1, 0.15) is 6.54 Å². The van der Waals surface area contributed by atoms with Gasteiger partial charge in [-0.1, -0.05) is 30.8 Å². The number of nitrogens with zero attached hydrogens (tertiary/aromatic N) is 5. The Kier molecular flexibility index (Phi) is 6.67. The number of rotatable bonds is 7. The number of carbonyl (C=O) groups excluding carboxylic acids is 1. The Hall–Kier alpha value is -2.28. The second kappa shape index (κ2) is 9.03. The van der Waals surface area contributed by atoms with Crippen LogP contribution in [0.2, 0.25) is 0 Å². The van der Waals surface area contributed by atoms with Crippen LogP contribution in [-0.4, -0.2) is 64.1 Å². The van der Waals surface area contributed by atoms with Crippen LogP contribution in [0.15, 0.2) is 15.7 Å². The Morgan fingerprint density at radius 2 is 2.03 bits per heavy atom. The molecule has 13 heteroatoms. The standard InChI is InChI=1S/C16H21F3N6O3S/c1-10(2)11-7-13(28-23-11)20-12(26)8-29-15-22-21-14(24-3-5-27-6-4-24)25(15)9-16(17,18)19/h7,10H,3-6,8-9H2,1-2H3,(H,20,26). The number of anilines is 2. The highest BCUT2D eigenvalue weighted by atomic mass is 32.2. The molecule has 160 valence electrons. The Morgan fingerprint density at radius 3 is 2.66 bits per heavy atom. The van der Waals surface area contributed by atoms with Gasteiger partial charge in [0.2, 0.25) is 17.7 Å². The van der Waals surface area contributed by atoms with Gasteiger partial charge >= 0.3 is 6.18 Å². The molecule has 0 unspecified atom stereocenters. The number of thioether (sulfide) groups is 1. The number of nitrogens with one attached hydrogen (secondary N) is 1. The summed E-state index contributed by atoms with van der Waals surface area (Å²) in [6.07, 6.45) is -4.45. The summed E-state index contributed by atoms with van der Waals surface area (Å²) in [6, 6.07) is 1.61. The highest BCUT2D eigenvalue weighted by Crippen LogP contribution is 2.28. The minimum Gasteiger partial charge on any atom is -0.378 e. The molecular formula is C16H21F3N6O3S. The van der Waals surface area contributed by atoms with Gasteiger partial charge in [-0.15, -0.1) is 10.2 Å². The summed E-state index contributed by atoms with van der Waals surface area (Å²) < 4.78 is 50.5. The van der Waals surface area contributed by atoms with Gasteiger partial charge in [-0.2, -0.15) is 13.2 Å². The summed E-state index contributed by atoms with van der Waals surface area (Å²) in [7, 11) is 0. The number of ether oxygens (including phenoxy) is 1. The molecular weight excluding hydrogens is 413 g/mol. The fourth-order valence-electron chi connectivity index (χ4n) is 2.63. The summed E-state index contributed by atoms with van der Waals surface area (Å²) in [6.45, 7) is 4.27. The summed E-state index contributed by atoms with van der Waals surface area (Å²) >= 11 is 0.870. The van der Waals surface area contributed by atoms with E-state index in [2.05, 4.69) is 20.7 Å². The van der Waals surface area contributed by atoms with E-state index in [1.807, 2.05) is 13.8 Å². The number of aromatic nitrogens is 4. The quantitative estimate of drug-likeness (QED) is 0.664. The van der Waals surface area contributed by atoms with Crippen LogP contribution in [0.5, 0.6) is 0 Å². The van der Waals surface area contributed by atoms with Crippen LogP contribution in [0.3, 0.4) is 0 Å². The van der Waals surface area contributed by atoms with E-state index < -0.39 is 18.6 Å². The first-order valence-electron chi connectivity index (χ1n) is 8.95. The molecule has 0 radical (unpaired) electrons. The Balaban J connectivity index is 1.67. The maximum absolute atomic E-state index is 13.1. The van der Waals surface area contributed by atoms with Crippen molar-refractivity contribution in [1.29, 1.82) is 0 Å². The molecule has 0 bridgehead atoms. The molecule has 1 aliphatic rings. The Morgan fingerprint density at radius 1 is 1.31 bits per heavy atom. The zero-order valence-electron chi connectivity index (χ0n) is 15.9. The summed E-state index contributed by atoms with van der Waals surface area (Å²) in [5.41, 5.74) is 0.688. The monoisotopic (exact) mass is 434 g/mol. The van der Waals surface area contributed by atoms with Crippen LogP contribution in [-0.2, 0) is 16.1 Å². The van der Waals surface area contributed by atoms with E-state index in [1.54, 1.807) is 11.0 Å². The summed E-state index contributed by atoms with van der Waals surface area (Å²) in [5, 5.41) is 14.1. The molecule has 0 aliphatic carbocycles. The maximum Gasteiger partial charge on any atom is 0.406 e. The minimum atomic E-state index is -4.45. The highest BCUT2D eigenvalue weighted by molar-refractivity contribution is 7.99. The topological polar surface area (TPSA) is 98.3 Å². The van der Waals surface area contributed by atoms with Crippen LogP contribution in [0.4, 0.5) is 25.0 Å². The molecule has 1 N–H and O–H groups in total. The lowest BCUT2D eigenvalue weighted by Crippen LogP contribution is -2.38. The number of amides is 1. The van der Waals surface area contributed by atoms with Crippen molar-refractivity contribution in [2.24, 2.45) is 0 Å². The molecule has 1 saturated heterocycles.